The molecule has 1 heteroatoms. The molecule has 0 aliphatic rings. The summed E-state index contributed by atoms with van der Waals surface area (Å²) in [4.78, 5) is 3.29. The van der Waals surface area contributed by atoms with Gasteiger partial charge in [0, 0.05) is 17.5 Å². The van der Waals surface area contributed by atoms with Crippen molar-refractivity contribution in [2.45, 2.75) is 13.8 Å². The molecule has 0 aliphatic carbocycles. The van der Waals surface area contributed by atoms with Crippen LogP contribution in [-0.2, 0) is 0 Å². The molecule has 1 nitrogen and oxygen atoms in total. The molecular formula is C18H17N. The van der Waals surface area contributed by atoms with Gasteiger partial charge in [0.05, 0.1) is 0 Å². The molecule has 0 fully saturated rings. The van der Waals surface area contributed by atoms with Crippen molar-refractivity contribution in [1.82, 2.24) is 4.98 Å². The van der Waals surface area contributed by atoms with E-state index in [-0.39, 0.29) is 0 Å². The molecule has 1 N–H and O–H groups in total. The Balaban J connectivity index is 2.19. The topological polar surface area (TPSA) is 15.8 Å². The SMILES string of the molecule is Cc1ccccc1-c1cccc(-c2ccc[nH]2)c1C. The first kappa shape index (κ1) is 11.8. The molecule has 19 heavy (non-hydrogen) atoms. The molecule has 0 bridgehead atoms. The van der Waals surface area contributed by atoms with Crippen LogP contribution >= 0.6 is 0 Å². The first-order valence-electron chi connectivity index (χ1n) is 6.57. The molecule has 0 saturated heterocycles. The predicted octanol–water partition coefficient (Wildman–Crippen LogP) is 4.97. The van der Waals surface area contributed by atoms with Crippen molar-refractivity contribution in [1.29, 1.82) is 0 Å². The van der Waals surface area contributed by atoms with Crippen molar-refractivity contribution < 1.29 is 0 Å². The highest BCUT2D eigenvalue weighted by Crippen LogP contribution is 2.32. The zero-order valence-electron chi connectivity index (χ0n) is 11.3. The summed E-state index contributed by atoms with van der Waals surface area (Å²) < 4.78 is 0. The summed E-state index contributed by atoms with van der Waals surface area (Å²) in [6.07, 6.45) is 1.97. The molecular weight excluding hydrogens is 230 g/mol. The molecule has 0 saturated carbocycles. The van der Waals surface area contributed by atoms with Gasteiger partial charge in [0.15, 0.2) is 0 Å². The third-order valence-electron chi connectivity index (χ3n) is 3.66. The van der Waals surface area contributed by atoms with Gasteiger partial charge in [0.2, 0.25) is 0 Å². The maximum atomic E-state index is 3.29. The van der Waals surface area contributed by atoms with Crippen LogP contribution in [0.3, 0.4) is 0 Å². The van der Waals surface area contributed by atoms with E-state index in [1.807, 2.05) is 12.3 Å². The van der Waals surface area contributed by atoms with Crippen LogP contribution in [0.4, 0.5) is 0 Å². The number of nitrogens with one attached hydrogen (secondary N) is 1. The van der Waals surface area contributed by atoms with Crippen LogP contribution < -0.4 is 0 Å². The summed E-state index contributed by atoms with van der Waals surface area (Å²) in [5.41, 5.74) is 7.70. The van der Waals surface area contributed by atoms with Crippen molar-refractivity contribution in [3.63, 3.8) is 0 Å². The highest BCUT2D eigenvalue weighted by Gasteiger charge is 2.09. The van der Waals surface area contributed by atoms with E-state index in [1.54, 1.807) is 0 Å². The number of aromatic amines is 1. The van der Waals surface area contributed by atoms with Gasteiger partial charge >= 0.3 is 0 Å². The van der Waals surface area contributed by atoms with Crippen LogP contribution in [0, 0.1) is 13.8 Å². The van der Waals surface area contributed by atoms with Crippen molar-refractivity contribution in [2.75, 3.05) is 0 Å². The third-order valence-corrected chi connectivity index (χ3v) is 3.66. The molecule has 0 amide bonds. The van der Waals surface area contributed by atoms with E-state index < -0.39 is 0 Å². The summed E-state index contributed by atoms with van der Waals surface area (Å²) >= 11 is 0. The van der Waals surface area contributed by atoms with Crippen LogP contribution in [0.2, 0.25) is 0 Å². The van der Waals surface area contributed by atoms with Crippen molar-refractivity contribution in [3.8, 4) is 22.4 Å². The minimum absolute atomic E-state index is 1.17. The van der Waals surface area contributed by atoms with E-state index in [2.05, 4.69) is 67.4 Å². The lowest BCUT2D eigenvalue weighted by Crippen LogP contribution is -1.90. The molecule has 94 valence electrons. The minimum Gasteiger partial charge on any atom is -0.361 e. The summed E-state index contributed by atoms with van der Waals surface area (Å²) in [7, 11) is 0. The maximum absolute atomic E-state index is 3.29. The molecule has 0 unspecified atom stereocenters. The zero-order chi connectivity index (χ0) is 13.2. The quantitative estimate of drug-likeness (QED) is 0.658. The van der Waals surface area contributed by atoms with Gasteiger partial charge in [-0.3, -0.25) is 0 Å². The molecule has 3 rings (SSSR count). The monoisotopic (exact) mass is 247 g/mol. The Morgan fingerprint density at radius 2 is 1.42 bits per heavy atom. The van der Waals surface area contributed by atoms with Crippen molar-refractivity contribution in [2.24, 2.45) is 0 Å². The zero-order valence-corrected chi connectivity index (χ0v) is 11.3. The predicted molar refractivity (Wildman–Crippen MR) is 81.1 cm³/mol. The number of aromatic nitrogens is 1. The normalized spacial score (nSPS) is 10.6. The second-order valence-corrected chi connectivity index (χ2v) is 4.88. The van der Waals surface area contributed by atoms with Gasteiger partial charge in [-0.2, -0.15) is 0 Å². The molecule has 2 aromatic carbocycles. The number of benzene rings is 2. The lowest BCUT2D eigenvalue weighted by Gasteiger charge is -2.12. The second kappa shape index (κ2) is 4.77. The Kier molecular flexibility index (Phi) is 2.96. The Labute approximate surface area is 113 Å². The van der Waals surface area contributed by atoms with Crippen LogP contribution in [0.5, 0.6) is 0 Å². The van der Waals surface area contributed by atoms with Gasteiger partial charge in [-0.1, -0.05) is 42.5 Å². The molecule has 0 radical (unpaired) electrons. The van der Waals surface area contributed by atoms with Gasteiger partial charge in [0.25, 0.3) is 0 Å². The van der Waals surface area contributed by atoms with Gasteiger partial charge < -0.3 is 4.98 Å². The lowest BCUT2D eigenvalue weighted by atomic mass is 9.93. The van der Waals surface area contributed by atoms with E-state index in [9.17, 15) is 0 Å². The molecule has 3 aromatic rings. The fraction of sp³-hybridized carbons (Fsp3) is 0.111. The Hall–Kier alpha value is -2.28. The van der Waals surface area contributed by atoms with Crippen LogP contribution in [0.15, 0.2) is 60.8 Å². The molecule has 0 aliphatic heterocycles. The van der Waals surface area contributed by atoms with Gasteiger partial charge in [-0.25, -0.2) is 0 Å². The number of hydrogen-bond donors (Lipinski definition) is 1. The first-order valence-corrected chi connectivity index (χ1v) is 6.57. The van der Waals surface area contributed by atoms with E-state index in [4.69, 9.17) is 0 Å². The first-order chi connectivity index (χ1) is 9.27. The number of aryl methyl sites for hydroxylation is 1. The maximum Gasteiger partial charge on any atom is 0.0456 e. The van der Waals surface area contributed by atoms with Crippen LogP contribution in [-0.4, -0.2) is 4.98 Å². The molecule has 0 atom stereocenters. The smallest absolute Gasteiger partial charge is 0.0456 e. The van der Waals surface area contributed by atoms with Crippen LogP contribution in [0.1, 0.15) is 11.1 Å². The van der Waals surface area contributed by atoms with Gasteiger partial charge in [-0.05, 0) is 48.2 Å². The van der Waals surface area contributed by atoms with E-state index in [1.165, 1.54) is 33.5 Å². The Morgan fingerprint density at radius 1 is 0.684 bits per heavy atom. The standard InChI is InChI=1S/C18H17N/c1-13-7-3-4-8-15(13)16-9-5-10-17(14(16)2)18-11-6-12-19-18/h3-12,19H,1-2H3. The molecule has 1 heterocycles. The number of rotatable bonds is 2. The fourth-order valence-corrected chi connectivity index (χ4v) is 2.59. The van der Waals surface area contributed by atoms with E-state index in [0.29, 0.717) is 0 Å². The molecule has 1 aromatic heterocycles. The highest BCUT2D eigenvalue weighted by molar-refractivity contribution is 5.78. The van der Waals surface area contributed by atoms with E-state index in [0.717, 1.165) is 0 Å². The molecule has 0 spiro atoms. The van der Waals surface area contributed by atoms with Gasteiger partial charge in [0.1, 0.15) is 0 Å². The lowest BCUT2D eigenvalue weighted by molar-refractivity contribution is 1.35. The average Bonchev–Trinajstić information content (AvgIpc) is 2.94. The minimum atomic E-state index is 1.17. The van der Waals surface area contributed by atoms with Gasteiger partial charge in [-0.15, -0.1) is 0 Å². The number of hydrogen-bond acceptors (Lipinski definition) is 0. The summed E-state index contributed by atoms with van der Waals surface area (Å²) in [5.74, 6) is 0. The summed E-state index contributed by atoms with van der Waals surface area (Å²) in [5, 5.41) is 0. The Bertz CT molecular complexity index is 693. The average molecular weight is 247 g/mol. The second-order valence-electron chi connectivity index (χ2n) is 4.88. The Morgan fingerprint density at radius 3 is 2.16 bits per heavy atom. The largest absolute Gasteiger partial charge is 0.361 e. The van der Waals surface area contributed by atoms with Crippen molar-refractivity contribution in [3.05, 3.63) is 71.9 Å². The third kappa shape index (κ3) is 2.08. The van der Waals surface area contributed by atoms with Crippen LogP contribution in [0.25, 0.3) is 22.4 Å². The highest BCUT2D eigenvalue weighted by atomic mass is 14.7. The van der Waals surface area contributed by atoms with E-state index >= 15 is 0 Å². The summed E-state index contributed by atoms with van der Waals surface area (Å²) in [6.45, 7) is 4.36. The number of H-pyrrole nitrogens is 1. The summed E-state index contributed by atoms with van der Waals surface area (Å²) in [6, 6.07) is 19.2. The van der Waals surface area contributed by atoms with Crippen molar-refractivity contribution >= 4 is 0 Å². The fourth-order valence-electron chi connectivity index (χ4n) is 2.59.